The molecule has 1 aliphatic heterocycles. The van der Waals surface area contributed by atoms with Crippen molar-refractivity contribution < 1.29 is 9.53 Å². The van der Waals surface area contributed by atoms with Gasteiger partial charge >= 0.3 is 0 Å². The summed E-state index contributed by atoms with van der Waals surface area (Å²) < 4.78 is 5.91. The van der Waals surface area contributed by atoms with E-state index < -0.39 is 0 Å². The molecule has 0 unspecified atom stereocenters. The molecule has 36 heavy (non-hydrogen) atoms. The van der Waals surface area contributed by atoms with Crippen LogP contribution in [0.25, 0.3) is 11.1 Å². The fraction of sp³-hybridized carbons (Fsp3) is 0.250. The standard InChI is InChI=1S/C28H30N6O2/c1-34(2)18-21-7-3-5-19(11-21)14-31-28(35)22-8-4-6-20(12-22)13-29-27-24-9-10-36-26(24)25(17-30-27)23-15-32-33-16-23/h3-8,11-12,15-17H,9-10,13-14,18H2,1-2H3,(H,29,30)(H,31,35)(H,32,33). The Morgan fingerprint density at radius 2 is 1.86 bits per heavy atom. The van der Waals surface area contributed by atoms with E-state index in [2.05, 4.69) is 42.8 Å². The van der Waals surface area contributed by atoms with E-state index >= 15 is 0 Å². The Morgan fingerprint density at radius 3 is 2.67 bits per heavy atom. The second kappa shape index (κ2) is 10.6. The highest BCUT2D eigenvalue weighted by Gasteiger charge is 2.22. The lowest BCUT2D eigenvalue weighted by Crippen LogP contribution is -2.23. The van der Waals surface area contributed by atoms with Crippen molar-refractivity contribution in [1.82, 2.24) is 25.4 Å². The van der Waals surface area contributed by atoms with Crippen molar-refractivity contribution in [2.45, 2.75) is 26.1 Å². The zero-order valence-electron chi connectivity index (χ0n) is 20.5. The van der Waals surface area contributed by atoms with Crippen LogP contribution in [0.2, 0.25) is 0 Å². The van der Waals surface area contributed by atoms with E-state index in [0.29, 0.717) is 25.3 Å². The van der Waals surface area contributed by atoms with Gasteiger partial charge in [0.2, 0.25) is 0 Å². The maximum atomic E-state index is 12.8. The van der Waals surface area contributed by atoms with Gasteiger partial charge in [-0.25, -0.2) is 4.98 Å². The van der Waals surface area contributed by atoms with Crippen LogP contribution < -0.4 is 15.4 Å². The number of carbonyl (C=O) groups is 1. The van der Waals surface area contributed by atoms with E-state index in [9.17, 15) is 4.79 Å². The number of aromatic amines is 1. The monoisotopic (exact) mass is 482 g/mol. The highest BCUT2D eigenvalue weighted by atomic mass is 16.5. The summed E-state index contributed by atoms with van der Waals surface area (Å²) in [6.45, 7) is 2.54. The molecule has 8 heteroatoms. The third-order valence-electron chi connectivity index (χ3n) is 6.13. The lowest BCUT2D eigenvalue weighted by molar-refractivity contribution is 0.0951. The highest BCUT2D eigenvalue weighted by molar-refractivity contribution is 5.94. The molecule has 184 valence electrons. The molecule has 0 saturated heterocycles. The van der Waals surface area contributed by atoms with E-state index in [1.807, 2.05) is 62.9 Å². The third-order valence-corrected chi connectivity index (χ3v) is 6.13. The van der Waals surface area contributed by atoms with Gasteiger partial charge in [-0.1, -0.05) is 36.4 Å². The largest absolute Gasteiger partial charge is 0.492 e. The number of nitrogens with one attached hydrogen (secondary N) is 3. The average Bonchev–Trinajstić information content (AvgIpc) is 3.59. The molecule has 0 bridgehead atoms. The number of carbonyl (C=O) groups excluding carboxylic acids is 1. The van der Waals surface area contributed by atoms with Gasteiger partial charge in [0, 0.05) is 60.7 Å². The molecule has 5 rings (SSSR count). The van der Waals surface area contributed by atoms with E-state index in [-0.39, 0.29) is 5.91 Å². The molecular formula is C28H30N6O2. The van der Waals surface area contributed by atoms with Crippen LogP contribution in [0.1, 0.15) is 32.6 Å². The summed E-state index contributed by atoms with van der Waals surface area (Å²) in [5, 5.41) is 13.3. The van der Waals surface area contributed by atoms with Crippen molar-refractivity contribution in [3.8, 4) is 16.9 Å². The summed E-state index contributed by atoms with van der Waals surface area (Å²) in [4.78, 5) is 19.6. The maximum Gasteiger partial charge on any atom is 0.251 e. The van der Waals surface area contributed by atoms with Crippen molar-refractivity contribution in [3.63, 3.8) is 0 Å². The van der Waals surface area contributed by atoms with Crippen LogP contribution in [0.5, 0.6) is 5.75 Å². The lowest BCUT2D eigenvalue weighted by Gasteiger charge is -2.13. The molecule has 2 aromatic carbocycles. The summed E-state index contributed by atoms with van der Waals surface area (Å²) in [5.74, 6) is 1.57. The van der Waals surface area contributed by atoms with Crippen molar-refractivity contribution in [2.75, 3.05) is 26.0 Å². The van der Waals surface area contributed by atoms with Gasteiger partial charge in [0.25, 0.3) is 5.91 Å². The lowest BCUT2D eigenvalue weighted by atomic mass is 10.1. The minimum absolute atomic E-state index is 0.0910. The first-order valence-corrected chi connectivity index (χ1v) is 12.0. The number of nitrogens with zero attached hydrogens (tertiary/aromatic N) is 3. The molecule has 0 fully saturated rings. The summed E-state index contributed by atoms with van der Waals surface area (Å²) in [5.41, 5.74) is 6.91. The first-order valence-electron chi connectivity index (χ1n) is 12.0. The van der Waals surface area contributed by atoms with Crippen LogP contribution in [0.15, 0.2) is 67.1 Å². The van der Waals surface area contributed by atoms with E-state index in [0.717, 1.165) is 52.4 Å². The van der Waals surface area contributed by atoms with Crippen LogP contribution in [-0.4, -0.2) is 46.7 Å². The number of benzene rings is 2. The smallest absolute Gasteiger partial charge is 0.251 e. The van der Waals surface area contributed by atoms with Gasteiger partial charge in [-0.15, -0.1) is 0 Å². The van der Waals surface area contributed by atoms with Gasteiger partial charge in [-0.2, -0.15) is 5.10 Å². The number of rotatable bonds is 9. The normalized spacial score (nSPS) is 12.3. The molecule has 2 aromatic heterocycles. The van der Waals surface area contributed by atoms with Crippen molar-refractivity contribution in [1.29, 1.82) is 0 Å². The summed E-state index contributed by atoms with van der Waals surface area (Å²) in [6, 6.07) is 16.0. The number of pyridine rings is 1. The molecular weight excluding hydrogens is 452 g/mol. The molecule has 0 spiro atoms. The Balaban J connectivity index is 1.22. The van der Waals surface area contributed by atoms with Gasteiger partial charge in [0.1, 0.15) is 11.6 Å². The Kier molecular flexibility index (Phi) is 6.95. The summed E-state index contributed by atoms with van der Waals surface area (Å²) >= 11 is 0. The molecule has 0 aliphatic carbocycles. The van der Waals surface area contributed by atoms with E-state index in [1.165, 1.54) is 5.56 Å². The van der Waals surface area contributed by atoms with Gasteiger partial charge in [-0.05, 0) is 42.9 Å². The second-order valence-electron chi connectivity index (χ2n) is 9.21. The number of aromatic nitrogens is 3. The SMILES string of the molecule is CN(C)Cc1cccc(CNC(=O)c2cccc(CNc3ncc(-c4cn[nH]c4)c4c3CCO4)c2)c1. The predicted molar refractivity (Wildman–Crippen MR) is 140 cm³/mol. The molecule has 0 atom stereocenters. The molecule has 1 amide bonds. The summed E-state index contributed by atoms with van der Waals surface area (Å²) in [6.07, 6.45) is 6.22. The van der Waals surface area contributed by atoms with Gasteiger partial charge in [0.15, 0.2) is 0 Å². The number of ether oxygens (including phenoxy) is 1. The average molecular weight is 483 g/mol. The quantitative estimate of drug-likeness (QED) is 0.334. The minimum atomic E-state index is -0.0910. The van der Waals surface area contributed by atoms with Gasteiger partial charge < -0.3 is 20.3 Å². The Bertz CT molecular complexity index is 1350. The van der Waals surface area contributed by atoms with Crippen LogP contribution in [0.3, 0.4) is 0 Å². The predicted octanol–water partition coefficient (Wildman–Crippen LogP) is 4.01. The first kappa shape index (κ1) is 23.6. The Hall–Kier alpha value is -4.17. The molecule has 1 aliphatic rings. The number of fused-ring (bicyclic) bond motifs is 1. The fourth-order valence-corrected chi connectivity index (χ4v) is 4.44. The molecule has 8 nitrogen and oxygen atoms in total. The second-order valence-corrected chi connectivity index (χ2v) is 9.21. The zero-order valence-corrected chi connectivity index (χ0v) is 20.5. The molecule has 4 aromatic rings. The molecule has 0 radical (unpaired) electrons. The summed E-state index contributed by atoms with van der Waals surface area (Å²) in [7, 11) is 4.09. The van der Waals surface area contributed by atoms with Crippen molar-refractivity contribution in [2.24, 2.45) is 0 Å². The van der Waals surface area contributed by atoms with Crippen LogP contribution in [0, 0.1) is 0 Å². The van der Waals surface area contributed by atoms with Crippen LogP contribution >= 0.6 is 0 Å². The minimum Gasteiger partial charge on any atom is -0.492 e. The van der Waals surface area contributed by atoms with E-state index in [1.54, 1.807) is 6.20 Å². The molecule has 3 N–H and O–H groups in total. The van der Waals surface area contributed by atoms with Gasteiger partial charge in [-0.3, -0.25) is 9.89 Å². The maximum absolute atomic E-state index is 12.8. The van der Waals surface area contributed by atoms with Crippen LogP contribution in [0.4, 0.5) is 5.82 Å². The van der Waals surface area contributed by atoms with Crippen molar-refractivity contribution >= 4 is 11.7 Å². The number of anilines is 1. The number of H-pyrrole nitrogens is 1. The molecule has 3 heterocycles. The Labute approximate surface area is 210 Å². The molecule has 0 saturated carbocycles. The van der Waals surface area contributed by atoms with Crippen molar-refractivity contribution in [3.05, 3.63) is 94.9 Å². The number of amides is 1. The first-order chi connectivity index (χ1) is 17.6. The van der Waals surface area contributed by atoms with E-state index in [4.69, 9.17) is 4.74 Å². The fourth-order valence-electron chi connectivity index (χ4n) is 4.44. The highest BCUT2D eigenvalue weighted by Crippen LogP contribution is 2.39. The third kappa shape index (κ3) is 5.39. The topological polar surface area (TPSA) is 95.2 Å². The Morgan fingerprint density at radius 1 is 1.06 bits per heavy atom. The zero-order chi connectivity index (χ0) is 24.9. The number of hydrogen-bond donors (Lipinski definition) is 3. The van der Waals surface area contributed by atoms with Gasteiger partial charge in [0.05, 0.1) is 12.8 Å². The van der Waals surface area contributed by atoms with Crippen LogP contribution in [-0.2, 0) is 26.1 Å². The number of hydrogen-bond acceptors (Lipinski definition) is 6.